The maximum atomic E-state index is 12.1. The van der Waals surface area contributed by atoms with Crippen LogP contribution in [0.5, 0.6) is 0 Å². The lowest BCUT2D eigenvalue weighted by Gasteiger charge is -2.06. The van der Waals surface area contributed by atoms with E-state index in [0.717, 1.165) is 15.2 Å². The lowest BCUT2D eigenvalue weighted by molar-refractivity contribution is -0.116. The Labute approximate surface area is 143 Å². The van der Waals surface area contributed by atoms with Gasteiger partial charge in [-0.2, -0.15) is 0 Å². The third kappa shape index (κ3) is 3.78. The van der Waals surface area contributed by atoms with E-state index in [2.05, 4.69) is 15.6 Å². The van der Waals surface area contributed by atoms with Crippen molar-refractivity contribution in [3.63, 3.8) is 0 Å². The van der Waals surface area contributed by atoms with E-state index < -0.39 is 0 Å². The second-order valence-electron chi connectivity index (χ2n) is 5.28. The van der Waals surface area contributed by atoms with Crippen molar-refractivity contribution in [2.75, 3.05) is 12.4 Å². The Morgan fingerprint density at radius 1 is 1.12 bits per heavy atom. The Balaban J connectivity index is 1.60. The van der Waals surface area contributed by atoms with Crippen molar-refractivity contribution in [3.8, 4) is 0 Å². The number of hydrogen-bond acceptors (Lipinski definition) is 4. The zero-order chi connectivity index (χ0) is 16.9. The molecular formula is C18H17N3O2S. The Hall–Kier alpha value is -2.73. The molecule has 0 spiro atoms. The smallest absolute Gasteiger partial charge is 0.251 e. The SMILES string of the molecule is CNC(=O)c1cccc(NC(=O)CCc2nc3ccccc3s2)c1. The van der Waals surface area contributed by atoms with Gasteiger partial charge in [0.05, 0.1) is 15.2 Å². The van der Waals surface area contributed by atoms with Gasteiger partial charge in [-0.3, -0.25) is 9.59 Å². The van der Waals surface area contributed by atoms with Crippen LogP contribution in [0.25, 0.3) is 10.2 Å². The minimum atomic E-state index is -0.180. The first-order valence-electron chi connectivity index (χ1n) is 7.62. The molecule has 1 aromatic heterocycles. The van der Waals surface area contributed by atoms with Crippen LogP contribution in [-0.4, -0.2) is 23.8 Å². The molecular weight excluding hydrogens is 322 g/mol. The molecule has 3 aromatic rings. The van der Waals surface area contributed by atoms with Gasteiger partial charge in [0.1, 0.15) is 0 Å². The highest BCUT2D eigenvalue weighted by molar-refractivity contribution is 7.18. The zero-order valence-electron chi connectivity index (χ0n) is 13.2. The fourth-order valence-corrected chi connectivity index (χ4v) is 3.32. The van der Waals surface area contributed by atoms with Crippen LogP contribution in [0.4, 0.5) is 5.69 Å². The van der Waals surface area contributed by atoms with Crippen LogP contribution in [0.15, 0.2) is 48.5 Å². The number of anilines is 1. The summed E-state index contributed by atoms with van der Waals surface area (Å²) in [6.07, 6.45) is 0.949. The van der Waals surface area contributed by atoms with Crippen molar-refractivity contribution in [1.82, 2.24) is 10.3 Å². The Morgan fingerprint density at radius 3 is 2.75 bits per heavy atom. The standard InChI is InChI=1S/C18H17N3O2S/c1-19-18(23)12-5-4-6-13(11-12)20-16(22)9-10-17-21-14-7-2-3-8-15(14)24-17/h2-8,11H,9-10H2,1H3,(H,19,23)(H,20,22). The van der Waals surface area contributed by atoms with Gasteiger partial charge in [-0.25, -0.2) is 4.98 Å². The van der Waals surface area contributed by atoms with Crippen molar-refractivity contribution in [2.24, 2.45) is 0 Å². The van der Waals surface area contributed by atoms with Gasteiger partial charge in [-0.05, 0) is 30.3 Å². The van der Waals surface area contributed by atoms with E-state index in [0.29, 0.717) is 24.1 Å². The first-order valence-corrected chi connectivity index (χ1v) is 8.44. The molecule has 0 aliphatic carbocycles. The Bertz CT molecular complexity index is 856. The molecule has 0 aliphatic rings. The summed E-state index contributed by atoms with van der Waals surface area (Å²) in [6, 6.07) is 14.8. The van der Waals surface area contributed by atoms with E-state index >= 15 is 0 Å². The van der Waals surface area contributed by atoms with Crippen LogP contribution >= 0.6 is 11.3 Å². The number of rotatable bonds is 5. The van der Waals surface area contributed by atoms with Crippen molar-refractivity contribution in [3.05, 3.63) is 59.1 Å². The van der Waals surface area contributed by atoms with Gasteiger partial charge in [0.25, 0.3) is 5.91 Å². The minimum absolute atomic E-state index is 0.0942. The van der Waals surface area contributed by atoms with Gasteiger partial charge in [-0.1, -0.05) is 18.2 Å². The number of nitrogens with zero attached hydrogens (tertiary/aromatic N) is 1. The van der Waals surface area contributed by atoms with Gasteiger partial charge < -0.3 is 10.6 Å². The van der Waals surface area contributed by atoms with Crippen molar-refractivity contribution in [1.29, 1.82) is 0 Å². The molecule has 2 N–H and O–H groups in total. The van der Waals surface area contributed by atoms with Crippen LogP contribution in [0.1, 0.15) is 21.8 Å². The molecule has 2 aromatic carbocycles. The highest BCUT2D eigenvalue weighted by atomic mass is 32.1. The van der Waals surface area contributed by atoms with E-state index in [-0.39, 0.29) is 11.8 Å². The summed E-state index contributed by atoms with van der Waals surface area (Å²) in [5.41, 5.74) is 2.10. The summed E-state index contributed by atoms with van der Waals surface area (Å²) in [4.78, 5) is 28.3. The molecule has 122 valence electrons. The highest BCUT2D eigenvalue weighted by Gasteiger charge is 2.09. The summed E-state index contributed by atoms with van der Waals surface area (Å²) < 4.78 is 1.13. The summed E-state index contributed by atoms with van der Waals surface area (Å²) in [5, 5.41) is 6.34. The molecule has 0 bridgehead atoms. The third-order valence-electron chi connectivity index (χ3n) is 3.54. The van der Waals surface area contributed by atoms with Crippen LogP contribution in [0.3, 0.4) is 0 Å². The first-order chi connectivity index (χ1) is 11.7. The van der Waals surface area contributed by atoms with E-state index in [1.54, 1.807) is 42.6 Å². The van der Waals surface area contributed by atoms with Gasteiger partial charge in [0.15, 0.2) is 0 Å². The largest absolute Gasteiger partial charge is 0.355 e. The second kappa shape index (κ2) is 7.23. The van der Waals surface area contributed by atoms with Gasteiger partial charge >= 0.3 is 0 Å². The van der Waals surface area contributed by atoms with Crippen LogP contribution in [-0.2, 0) is 11.2 Å². The third-order valence-corrected chi connectivity index (χ3v) is 4.64. The second-order valence-corrected chi connectivity index (χ2v) is 6.40. The lowest BCUT2D eigenvalue weighted by Crippen LogP contribution is -2.18. The zero-order valence-corrected chi connectivity index (χ0v) is 14.0. The number of carbonyl (C=O) groups is 2. The number of thiazole rings is 1. The topological polar surface area (TPSA) is 71.1 Å². The molecule has 0 saturated carbocycles. The van der Waals surface area contributed by atoms with E-state index in [4.69, 9.17) is 0 Å². The molecule has 5 nitrogen and oxygen atoms in total. The predicted octanol–water partition coefficient (Wildman–Crippen LogP) is 3.23. The Morgan fingerprint density at radius 2 is 1.96 bits per heavy atom. The summed E-state index contributed by atoms with van der Waals surface area (Å²) in [6.45, 7) is 0. The molecule has 3 rings (SSSR count). The first kappa shape index (κ1) is 16.1. The number of nitrogens with one attached hydrogen (secondary N) is 2. The quantitative estimate of drug-likeness (QED) is 0.750. The number of aromatic nitrogens is 1. The average Bonchev–Trinajstić information content (AvgIpc) is 3.02. The molecule has 0 saturated heterocycles. The number of fused-ring (bicyclic) bond motifs is 1. The maximum Gasteiger partial charge on any atom is 0.251 e. The molecule has 1 heterocycles. The lowest BCUT2D eigenvalue weighted by atomic mass is 10.2. The molecule has 0 unspecified atom stereocenters. The molecule has 0 fully saturated rings. The van der Waals surface area contributed by atoms with Gasteiger partial charge in [-0.15, -0.1) is 11.3 Å². The van der Waals surface area contributed by atoms with E-state index in [9.17, 15) is 9.59 Å². The Kier molecular flexibility index (Phi) is 4.86. The van der Waals surface area contributed by atoms with Crippen LogP contribution in [0, 0.1) is 0 Å². The molecule has 0 radical (unpaired) electrons. The molecule has 6 heteroatoms. The number of amides is 2. The summed E-state index contributed by atoms with van der Waals surface area (Å²) in [5.74, 6) is -0.274. The van der Waals surface area contributed by atoms with Crippen LogP contribution in [0.2, 0.25) is 0 Å². The van der Waals surface area contributed by atoms with Gasteiger partial charge in [0.2, 0.25) is 5.91 Å². The fraction of sp³-hybridized carbons (Fsp3) is 0.167. The fourth-order valence-electron chi connectivity index (χ4n) is 2.35. The van der Waals surface area contributed by atoms with E-state index in [1.807, 2.05) is 24.3 Å². The van der Waals surface area contributed by atoms with Crippen molar-refractivity contribution >= 4 is 39.1 Å². The normalized spacial score (nSPS) is 10.5. The van der Waals surface area contributed by atoms with Crippen LogP contribution < -0.4 is 10.6 Å². The molecule has 0 atom stereocenters. The molecule has 0 aliphatic heterocycles. The van der Waals surface area contributed by atoms with Crippen molar-refractivity contribution in [2.45, 2.75) is 12.8 Å². The number of benzene rings is 2. The number of hydrogen-bond donors (Lipinski definition) is 2. The predicted molar refractivity (Wildman–Crippen MR) is 96.4 cm³/mol. The summed E-state index contributed by atoms with van der Waals surface area (Å²) in [7, 11) is 1.57. The number of aryl methyl sites for hydroxylation is 1. The monoisotopic (exact) mass is 339 g/mol. The van der Waals surface area contributed by atoms with Crippen molar-refractivity contribution < 1.29 is 9.59 Å². The molecule has 24 heavy (non-hydrogen) atoms. The maximum absolute atomic E-state index is 12.1. The van der Waals surface area contributed by atoms with Gasteiger partial charge in [0, 0.05) is 31.1 Å². The molecule has 2 amide bonds. The van der Waals surface area contributed by atoms with E-state index in [1.165, 1.54) is 0 Å². The average molecular weight is 339 g/mol. The number of para-hydroxylation sites is 1. The number of carbonyl (C=O) groups excluding carboxylic acids is 2. The summed E-state index contributed by atoms with van der Waals surface area (Å²) >= 11 is 1.61. The minimum Gasteiger partial charge on any atom is -0.355 e. The highest BCUT2D eigenvalue weighted by Crippen LogP contribution is 2.22.